The molecule has 21 heavy (non-hydrogen) atoms. The normalized spacial score (nSPS) is 22.7. The van der Waals surface area contributed by atoms with E-state index in [-0.39, 0.29) is 0 Å². The predicted octanol–water partition coefficient (Wildman–Crippen LogP) is 4.77. The summed E-state index contributed by atoms with van der Waals surface area (Å²) in [7, 11) is -1.56. The van der Waals surface area contributed by atoms with Crippen LogP contribution >= 0.6 is 0 Å². The molecule has 2 rings (SSSR count). The molecule has 0 aliphatic heterocycles. The number of Topliss-reactive ketones (excluding diaryl/α,β-unsaturated/α-hetero) is 1. The van der Waals surface area contributed by atoms with Crippen molar-refractivity contribution in [2.45, 2.75) is 57.7 Å². The van der Waals surface area contributed by atoms with Gasteiger partial charge in [0.05, 0.1) is 0 Å². The van der Waals surface area contributed by atoms with E-state index in [1.165, 1.54) is 24.4 Å². The van der Waals surface area contributed by atoms with Crippen LogP contribution in [0.3, 0.4) is 0 Å². The van der Waals surface area contributed by atoms with Gasteiger partial charge >= 0.3 is 0 Å². The predicted molar refractivity (Wildman–Crippen MR) is 90.1 cm³/mol. The van der Waals surface area contributed by atoms with Gasteiger partial charge in [-0.1, -0.05) is 50.1 Å². The SMILES string of the molecule is CCCC[Si](C)(C)OCC1CC(=O)CC1c1ccccc1. The maximum Gasteiger partial charge on any atom is 0.186 e. The molecule has 1 saturated carbocycles. The average Bonchev–Trinajstić information content (AvgIpc) is 2.85. The lowest BCUT2D eigenvalue weighted by molar-refractivity contribution is -0.117. The number of rotatable bonds is 7. The zero-order valence-electron chi connectivity index (χ0n) is 13.6. The van der Waals surface area contributed by atoms with Crippen molar-refractivity contribution >= 4 is 14.1 Å². The first-order valence-corrected chi connectivity index (χ1v) is 11.3. The number of unbranched alkanes of at least 4 members (excludes halogenated alkanes) is 1. The van der Waals surface area contributed by atoms with Gasteiger partial charge in [-0.25, -0.2) is 0 Å². The highest BCUT2D eigenvalue weighted by Crippen LogP contribution is 2.38. The molecule has 0 bridgehead atoms. The second-order valence-corrected chi connectivity index (χ2v) is 11.2. The van der Waals surface area contributed by atoms with E-state index < -0.39 is 8.32 Å². The fourth-order valence-electron chi connectivity index (χ4n) is 3.20. The van der Waals surface area contributed by atoms with E-state index >= 15 is 0 Å². The Morgan fingerprint density at radius 3 is 2.57 bits per heavy atom. The number of carbonyl (C=O) groups excluding carboxylic acids is 1. The van der Waals surface area contributed by atoms with E-state index in [4.69, 9.17) is 4.43 Å². The zero-order valence-corrected chi connectivity index (χ0v) is 14.6. The van der Waals surface area contributed by atoms with Gasteiger partial charge in [0.25, 0.3) is 0 Å². The number of carbonyl (C=O) groups is 1. The third kappa shape index (κ3) is 4.79. The third-order valence-corrected chi connectivity index (χ3v) is 7.06. The van der Waals surface area contributed by atoms with E-state index in [2.05, 4.69) is 44.3 Å². The van der Waals surface area contributed by atoms with Crippen LogP contribution in [-0.4, -0.2) is 20.7 Å². The van der Waals surface area contributed by atoms with E-state index in [0.717, 1.165) is 6.61 Å². The van der Waals surface area contributed by atoms with Crippen LogP contribution in [0.5, 0.6) is 0 Å². The second kappa shape index (κ2) is 7.37. The average molecular weight is 305 g/mol. The Bertz CT molecular complexity index is 456. The molecule has 2 atom stereocenters. The Kier molecular flexibility index (Phi) is 5.77. The lowest BCUT2D eigenvalue weighted by Crippen LogP contribution is -2.33. The van der Waals surface area contributed by atoms with Crippen LogP contribution < -0.4 is 0 Å². The molecule has 2 unspecified atom stereocenters. The number of hydrogen-bond donors (Lipinski definition) is 0. The van der Waals surface area contributed by atoms with Crippen LogP contribution in [0.15, 0.2) is 30.3 Å². The quantitative estimate of drug-likeness (QED) is 0.678. The van der Waals surface area contributed by atoms with Crippen molar-refractivity contribution in [3.8, 4) is 0 Å². The van der Waals surface area contributed by atoms with Gasteiger partial charge in [-0.05, 0) is 36.5 Å². The maximum absolute atomic E-state index is 11.9. The summed E-state index contributed by atoms with van der Waals surface area (Å²) in [5, 5.41) is 0. The monoisotopic (exact) mass is 304 g/mol. The van der Waals surface area contributed by atoms with Crippen LogP contribution in [0.1, 0.15) is 44.1 Å². The molecule has 116 valence electrons. The summed E-state index contributed by atoms with van der Waals surface area (Å²) in [6, 6.07) is 11.7. The van der Waals surface area contributed by atoms with Crippen molar-refractivity contribution in [2.75, 3.05) is 6.61 Å². The van der Waals surface area contributed by atoms with Crippen molar-refractivity contribution < 1.29 is 9.22 Å². The molecule has 2 nitrogen and oxygen atoms in total. The Hall–Kier alpha value is -0.933. The van der Waals surface area contributed by atoms with Gasteiger partial charge in [-0.3, -0.25) is 4.79 Å². The molecule has 0 heterocycles. The summed E-state index contributed by atoms with van der Waals surface area (Å²) in [6.45, 7) is 7.59. The van der Waals surface area contributed by atoms with Gasteiger partial charge in [-0.2, -0.15) is 0 Å². The van der Waals surface area contributed by atoms with Crippen LogP contribution in [0.2, 0.25) is 19.1 Å². The molecule has 1 fully saturated rings. The molecule has 0 N–H and O–H groups in total. The summed E-state index contributed by atoms with van der Waals surface area (Å²) in [4.78, 5) is 11.9. The van der Waals surface area contributed by atoms with E-state index in [1.54, 1.807) is 0 Å². The van der Waals surface area contributed by atoms with E-state index in [0.29, 0.717) is 30.5 Å². The first kappa shape index (κ1) is 16.4. The summed E-state index contributed by atoms with van der Waals surface area (Å²) < 4.78 is 6.30. The minimum atomic E-state index is -1.56. The van der Waals surface area contributed by atoms with Gasteiger partial charge in [0.15, 0.2) is 8.32 Å². The highest BCUT2D eigenvalue weighted by atomic mass is 28.4. The molecule has 1 aliphatic carbocycles. The number of ketones is 1. The van der Waals surface area contributed by atoms with E-state index in [9.17, 15) is 4.79 Å². The first-order chi connectivity index (χ1) is 10.0. The Morgan fingerprint density at radius 2 is 1.90 bits per heavy atom. The highest BCUT2D eigenvalue weighted by molar-refractivity contribution is 6.71. The fraction of sp³-hybridized carbons (Fsp3) is 0.611. The lowest BCUT2D eigenvalue weighted by atomic mass is 9.89. The minimum absolute atomic E-state index is 0.356. The third-order valence-electron chi connectivity index (χ3n) is 4.55. The van der Waals surface area contributed by atoms with Gasteiger partial charge in [0, 0.05) is 19.4 Å². The minimum Gasteiger partial charge on any atom is -0.417 e. The standard InChI is InChI=1S/C18H28O2Si/c1-4-5-11-21(2,3)20-14-16-12-17(19)13-18(16)15-9-7-6-8-10-15/h6-10,16,18H,4-5,11-14H2,1-3H3. The smallest absolute Gasteiger partial charge is 0.186 e. The molecular formula is C18H28O2Si. The molecule has 1 aromatic rings. The molecule has 1 aliphatic rings. The molecule has 1 aromatic carbocycles. The molecule has 0 radical (unpaired) electrons. The molecular weight excluding hydrogens is 276 g/mol. The number of benzene rings is 1. The van der Waals surface area contributed by atoms with Gasteiger partial charge < -0.3 is 4.43 Å². The Morgan fingerprint density at radius 1 is 1.19 bits per heavy atom. The molecule has 0 spiro atoms. The zero-order chi connectivity index (χ0) is 15.3. The summed E-state index contributed by atoms with van der Waals surface area (Å²) >= 11 is 0. The van der Waals surface area contributed by atoms with Crippen LogP contribution in [0.25, 0.3) is 0 Å². The van der Waals surface area contributed by atoms with Crippen LogP contribution in [-0.2, 0) is 9.22 Å². The van der Waals surface area contributed by atoms with Crippen LogP contribution in [0.4, 0.5) is 0 Å². The fourth-order valence-corrected chi connectivity index (χ4v) is 5.22. The van der Waals surface area contributed by atoms with Crippen molar-refractivity contribution in [3.05, 3.63) is 35.9 Å². The second-order valence-electron chi connectivity index (χ2n) is 6.90. The van der Waals surface area contributed by atoms with E-state index in [1.807, 2.05) is 6.07 Å². The van der Waals surface area contributed by atoms with Crippen molar-refractivity contribution in [1.82, 2.24) is 0 Å². The Balaban J connectivity index is 1.96. The molecule has 0 amide bonds. The van der Waals surface area contributed by atoms with Crippen LogP contribution in [0, 0.1) is 5.92 Å². The summed E-state index contributed by atoms with van der Waals surface area (Å²) in [6.07, 6.45) is 3.87. The molecule has 0 saturated heterocycles. The Labute approximate surface area is 130 Å². The topological polar surface area (TPSA) is 26.3 Å². The lowest BCUT2D eigenvalue weighted by Gasteiger charge is -2.27. The largest absolute Gasteiger partial charge is 0.417 e. The van der Waals surface area contributed by atoms with Crippen molar-refractivity contribution in [1.29, 1.82) is 0 Å². The summed E-state index contributed by atoms with van der Waals surface area (Å²) in [5.74, 6) is 1.12. The number of hydrogen-bond acceptors (Lipinski definition) is 2. The molecule has 0 aromatic heterocycles. The van der Waals surface area contributed by atoms with Crippen molar-refractivity contribution in [3.63, 3.8) is 0 Å². The highest BCUT2D eigenvalue weighted by Gasteiger charge is 2.35. The van der Waals surface area contributed by atoms with Gasteiger partial charge in [0.1, 0.15) is 5.78 Å². The maximum atomic E-state index is 11.9. The first-order valence-electron chi connectivity index (χ1n) is 8.22. The van der Waals surface area contributed by atoms with Crippen molar-refractivity contribution in [2.24, 2.45) is 5.92 Å². The summed E-state index contributed by atoms with van der Waals surface area (Å²) in [5.41, 5.74) is 1.30. The van der Waals surface area contributed by atoms with Gasteiger partial charge in [0.2, 0.25) is 0 Å². The van der Waals surface area contributed by atoms with Gasteiger partial charge in [-0.15, -0.1) is 0 Å². The molecule has 3 heteroatoms.